The lowest BCUT2D eigenvalue weighted by Crippen LogP contribution is -2.14. The van der Waals surface area contributed by atoms with Crippen LogP contribution in [0.15, 0.2) is 4.63 Å². The van der Waals surface area contributed by atoms with E-state index in [4.69, 9.17) is 10.2 Å². The van der Waals surface area contributed by atoms with Gasteiger partial charge in [0.2, 0.25) is 0 Å². The monoisotopic (exact) mass is 204 g/mol. The molecule has 6 heteroatoms. The fraction of sp³-hybridized carbons (Fsp3) is 0.714. The molecule has 1 heterocycles. The van der Waals surface area contributed by atoms with Crippen LogP contribution in [0.5, 0.6) is 0 Å². The van der Waals surface area contributed by atoms with E-state index in [1.165, 1.54) is 11.8 Å². The maximum Gasteiger partial charge on any atom is 0.117 e. The molecule has 0 bridgehead atoms. The van der Waals surface area contributed by atoms with Crippen molar-refractivity contribution in [2.75, 3.05) is 12.4 Å². The van der Waals surface area contributed by atoms with Crippen LogP contribution in [0.2, 0.25) is 0 Å². The van der Waals surface area contributed by atoms with Gasteiger partial charge in [0.05, 0.1) is 12.7 Å². The van der Waals surface area contributed by atoms with E-state index in [-0.39, 0.29) is 6.61 Å². The number of hydrogen-bond donors (Lipinski definition) is 2. The van der Waals surface area contributed by atoms with Crippen molar-refractivity contribution in [2.45, 2.75) is 18.8 Å². The van der Waals surface area contributed by atoms with Crippen LogP contribution >= 0.6 is 11.8 Å². The van der Waals surface area contributed by atoms with Crippen molar-refractivity contribution in [1.29, 1.82) is 0 Å². The normalized spacial score (nSPS) is 13.2. The second-order valence-electron chi connectivity index (χ2n) is 2.65. The predicted molar refractivity (Wildman–Crippen MR) is 48.3 cm³/mol. The fourth-order valence-electron chi connectivity index (χ4n) is 0.725. The molecular formula is C7H12N2O3S. The van der Waals surface area contributed by atoms with E-state index in [9.17, 15) is 0 Å². The standard InChI is InChI=1S/C7H12N2O3S/c1-5-7(9-12-8-5)4-13-3-6(11)2-10/h6,10-11H,2-4H2,1H3. The van der Waals surface area contributed by atoms with Crippen molar-refractivity contribution in [2.24, 2.45) is 0 Å². The summed E-state index contributed by atoms with van der Waals surface area (Å²) in [4.78, 5) is 0. The second-order valence-corrected chi connectivity index (χ2v) is 3.68. The SMILES string of the molecule is Cc1nonc1CSCC(O)CO. The molecule has 0 aromatic carbocycles. The van der Waals surface area contributed by atoms with Crippen LogP contribution in [-0.4, -0.2) is 39.0 Å². The summed E-state index contributed by atoms with van der Waals surface area (Å²) < 4.78 is 4.50. The van der Waals surface area contributed by atoms with Gasteiger partial charge in [0, 0.05) is 11.5 Å². The number of nitrogens with zero attached hydrogens (tertiary/aromatic N) is 2. The highest BCUT2D eigenvalue weighted by atomic mass is 32.2. The van der Waals surface area contributed by atoms with Gasteiger partial charge < -0.3 is 10.2 Å². The number of aryl methyl sites for hydroxylation is 1. The minimum absolute atomic E-state index is 0.205. The Balaban J connectivity index is 2.24. The minimum atomic E-state index is -0.662. The van der Waals surface area contributed by atoms with Gasteiger partial charge >= 0.3 is 0 Å². The summed E-state index contributed by atoms with van der Waals surface area (Å²) >= 11 is 1.49. The van der Waals surface area contributed by atoms with Crippen LogP contribution in [0.25, 0.3) is 0 Å². The van der Waals surface area contributed by atoms with Crippen molar-refractivity contribution < 1.29 is 14.8 Å². The molecule has 1 atom stereocenters. The molecule has 13 heavy (non-hydrogen) atoms. The summed E-state index contributed by atoms with van der Waals surface area (Å²) in [6.07, 6.45) is -0.662. The van der Waals surface area contributed by atoms with Crippen LogP contribution in [0.1, 0.15) is 11.4 Å². The molecule has 1 unspecified atom stereocenters. The highest BCUT2D eigenvalue weighted by Gasteiger charge is 2.07. The number of aromatic nitrogens is 2. The Bertz CT molecular complexity index is 254. The van der Waals surface area contributed by atoms with E-state index in [2.05, 4.69) is 14.9 Å². The first-order chi connectivity index (χ1) is 6.24. The van der Waals surface area contributed by atoms with Crippen molar-refractivity contribution in [3.05, 3.63) is 11.4 Å². The highest BCUT2D eigenvalue weighted by molar-refractivity contribution is 7.98. The fourth-order valence-corrected chi connectivity index (χ4v) is 1.68. The molecule has 0 amide bonds. The molecule has 0 aliphatic carbocycles. The average molecular weight is 204 g/mol. The zero-order valence-corrected chi connectivity index (χ0v) is 8.12. The average Bonchev–Trinajstić information content (AvgIpc) is 2.52. The maximum absolute atomic E-state index is 9.03. The van der Waals surface area contributed by atoms with E-state index in [0.717, 1.165) is 11.4 Å². The Labute approximate surface area is 80.1 Å². The van der Waals surface area contributed by atoms with E-state index in [1.807, 2.05) is 6.92 Å². The molecule has 1 rings (SSSR count). The predicted octanol–water partition coefficient (Wildman–Crippen LogP) is -0.0356. The summed E-state index contributed by atoms with van der Waals surface area (Å²) in [5, 5.41) is 24.9. The summed E-state index contributed by atoms with van der Waals surface area (Å²) in [6.45, 7) is 1.61. The number of thioether (sulfide) groups is 1. The summed E-state index contributed by atoms with van der Waals surface area (Å²) in [6, 6.07) is 0. The number of hydrogen-bond acceptors (Lipinski definition) is 6. The third kappa shape index (κ3) is 3.33. The second kappa shape index (κ2) is 5.21. The van der Waals surface area contributed by atoms with Crippen molar-refractivity contribution in [1.82, 2.24) is 10.3 Å². The van der Waals surface area contributed by atoms with Gasteiger partial charge in [-0.25, -0.2) is 4.63 Å². The number of aliphatic hydroxyl groups is 2. The third-order valence-corrected chi connectivity index (χ3v) is 2.60. The Morgan fingerprint density at radius 3 is 2.85 bits per heavy atom. The van der Waals surface area contributed by atoms with Gasteiger partial charge in [-0.1, -0.05) is 10.3 Å². The smallest absolute Gasteiger partial charge is 0.117 e. The first kappa shape index (κ1) is 10.5. The molecule has 0 fully saturated rings. The lowest BCUT2D eigenvalue weighted by atomic mass is 10.4. The first-order valence-corrected chi connectivity index (χ1v) is 5.04. The zero-order valence-electron chi connectivity index (χ0n) is 7.30. The molecule has 0 spiro atoms. The summed E-state index contributed by atoms with van der Waals surface area (Å²) in [5.74, 6) is 1.13. The van der Waals surface area contributed by atoms with Crippen molar-refractivity contribution in [3.8, 4) is 0 Å². The molecule has 0 saturated carbocycles. The van der Waals surface area contributed by atoms with Gasteiger partial charge in [0.1, 0.15) is 11.4 Å². The molecular weight excluding hydrogens is 192 g/mol. The maximum atomic E-state index is 9.03. The van der Waals surface area contributed by atoms with Crippen LogP contribution in [-0.2, 0) is 5.75 Å². The Hall–Kier alpha value is -0.590. The topological polar surface area (TPSA) is 79.4 Å². The van der Waals surface area contributed by atoms with E-state index >= 15 is 0 Å². The van der Waals surface area contributed by atoms with Crippen LogP contribution in [0.4, 0.5) is 0 Å². The number of aliphatic hydroxyl groups excluding tert-OH is 2. The van der Waals surface area contributed by atoms with Gasteiger partial charge in [0.25, 0.3) is 0 Å². The van der Waals surface area contributed by atoms with Crippen LogP contribution in [0.3, 0.4) is 0 Å². The molecule has 5 nitrogen and oxygen atoms in total. The van der Waals surface area contributed by atoms with Gasteiger partial charge in [0.15, 0.2) is 0 Å². The lowest BCUT2D eigenvalue weighted by molar-refractivity contribution is 0.113. The lowest BCUT2D eigenvalue weighted by Gasteiger charge is -2.04. The Kier molecular flexibility index (Phi) is 4.20. The summed E-state index contributed by atoms with van der Waals surface area (Å²) in [5.41, 5.74) is 1.56. The largest absolute Gasteiger partial charge is 0.394 e. The molecule has 2 N–H and O–H groups in total. The molecule has 1 aromatic rings. The van der Waals surface area contributed by atoms with Gasteiger partial charge in [-0.3, -0.25) is 0 Å². The van der Waals surface area contributed by atoms with Crippen molar-refractivity contribution >= 4 is 11.8 Å². The van der Waals surface area contributed by atoms with Crippen LogP contribution in [0, 0.1) is 6.92 Å². The molecule has 74 valence electrons. The van der Waals surface area contributed by atoms with Crippen molar-refractivity contribution in [3.63, 3.8) is 0 Å². The molecule has 0 saturated heterocycles. The van der Waals surface area contributed by atoms with E-state index < -0.39 is 6.10 Å². The minimum Gasteiger partial charge on any atom is -0.394 e. The van der Waals surface area contributed by atoms with Gasteiger partial charge in [-0.2, -0.15) is 11.8 Å². The zero-order chi connectivity index (χ0) is 9.68. The Morgan fingerprint density at radius 2 is 2.31 bits per heavy atom. The third-order valence-electron chi connectivity index (χ3n) is 1.51. The number of rotatable bonds is 5. The summed E-state index contributed by atoms with van der Waals surface area (Å²) in [7, 11) is 0. The van der Waals surface area contributed by atoms with Gasteiger partial charge in [-0.15, -0.1) is 0 Å². The molecule has 1 aromatic heterocycles. The molecule has 0 radical (unpaired) electrons. The quantitative estimate of drug-likeness (QED) is 0.701. The van der Waals surface area contributed by atoms with E-state index in [0.29, 0.717) is 11.5 Å². The molecule has 0 aliphatic rings. The highest BCUT2D eigenvalue weighted by Crippen LogP contribution is 2.13. The van der Waals surface area contributed by atoms with E-state index in [1.54, 1.807) is 0 Å². The molecule has 0 aliphatic heterocycles. The Morgan fingerprint density at radius 1 is 1.54 bits per heavy atom. The first-order valence-electron chi connectivity index (χ1n) is 3.88. The van der Waals surface area contributed by atoms with Gasteiger partial charge in [-0.05, 0) is 6.92 Å². The van der Waals surface area contributed by atoms with Crippen LogP contribution < -0.4 is 0 Å².